The molecule has 0 aliphatic carbocycles. The molecule has 1 N–H and O–H groups in total. The lowest BCUT2D eigenvalue weighted by Gasteiger charge is -2.30. The average Bonchev–Trinajstić information content (AvgIpc) is 2.95. The van der Waals surface area contributed by atoms with E-state index in [1.54, 1.807) is 11.3 Å². The van der Waals surface area contributed by atoms with Crippen LogP contribution in [0.4, 0.5) is 0 Å². The predicted molar refractivity (Wildman–Crippen MR) is 86.1 cm³/mol. The molecule has 0 spiro atoms. The van der Waals surface area contributed by atoms with Gasteiger partial charge >= 0.3 is 5.97 Å². The third-order valence-corrected chi connectivity index (χ3v) is 5.34. The zero-order valence-electron chi connectivity index (χ0n) is 12.9. The third-order valence-electron chi connectivity index (χ3n) is 4.37. The van der Waals surface area contributed by atoms with Gasteiger partial charge in [-0.05, 0) is 42.9 Å². The molecule has 1 aromatic heterocycles. The second kappa shape index (κ2) is 7.55. The second-order valence-electron chi connectivity index (χ2n) is 6.19. The van der Waals surface area contributed by atoms with Crippen LogP contribution in [0.1, 0.15) is 29.7 Å². The Morgan fingerprint density at radius 2 is 2.05 bits per heavy atom. The molecule has 5 nitrogen and oxygen atoms in total. The number of thiophene rings is 1. The van der Waals surface area contributed by atoms with Gasteiger partial charge in [-0.15, -0.1) is 11.3 Å². The van der Waals surface area contributed by atoms with Crippen molar-refractivity contribution in [3.8, 4) is 0 Å². The van der Waals surface area contributed by atoms with Gasteiger partial charge in [0.1, 0.15) is 0 Å². The van der Waals surface area contributed by atoms with Gasteiger partial charge < -0.3 is 9.84 Å². The minimum Gasteiger partial charge on any atom is -0.479 e. The lowest BCUT2D eigenvalue weighted by molar-refractivity contribution is -0.156. The molecule has 0 saturated carbocycles. The minimum atomic E-state index is -0.860. The molecule has 3 rings (SSSR count). The van der Waals surface area contributed by atoms with Crippen molar-refractivity contribution in [2.75, 3.05) is 32.8 Å². The summed E-state index contributed by atoms with van der Waals surface area (Å²) in [4.78, 5) is 17.1. The Morgan fingerprint density at radius 3 is 2.82 bits per heavy atom. The number of hydrogen-bond acceptors (Lipinski definition) is 5. The fourth-order valence-corrected chi connectivity index (χ4v) is 4.11. The number of piperidine rings is 1. The van der Waals surface area contributed by atoms with E-state index in [1.165, 1.54) is 42.8 Å². The number of carboxylic acid groups (broad SMARTS) is 1. The fraction of sp³-hybridized carbons (Fsp3) is 0.688. The van der Waals surface area contributed by atoms with E-state index >= 15 is 0 Å². The number of carbonyl (C=O) groups is 1. The summed E-state index contributed by atoms with van der Waals surface area (Å²) in [6.07, 6.45) is 3.33. The van der Waals surface area contributed by atoms with Crippen molar-refractivity contribution in [3.63, 3.8) is 0 Å². The molecule has 2 aliphatic rings. The van der Waals surface area contributed by atoms with Crippen LogP contribution in [-0.4, -0.2) is 59.8 Å². The third kappa shape index (κ3) is 4.29. The number of likely N-dealkylation sites (tertiary alicyclic amines) is 1. The van der Waals surface area contributed by atoms with Crippen molar-refractivity contribution in [2.45, 2.75) is 38.5 Å². The van der Waals surface area contributed by atoms with Gasteiger partial charge in [0, 0.05) is 31.1 Å². The maximum atomic E-state index is 11.0. The van der Waals surface area contributed by atoms with Crippen molar-refractivity contribution in [3.05, 3.63) is 21.9 Å². The van der Waals surface area contributed by atoms with Gasteiger partial charge in [-0.2, -0.15) is 0 Å². The van der Waals surface area contributed by atoms with Crippen LogP contribution in [-0.2, 0) is 22.6 Å². The number of nitrogens with zero attached hydrogens (tertiary/aromatic N) is 2. The highest BCUT2D eigenvalue weighted by atomic mass is 32.1. The Hall–Kier alpha value is -0.950. The van der Waals surface area contributed by atoms with Crippen LogP contribution in [0.25, 0.3) is 0 Å². The van der Waals surface area contributed by atoms with E-state index in [0.717, 1.165) is 19.6 Å². The Balaban J connectivity index is 1.51. The van der Waals surface area contributed by atoms with E-state index in [2.05, 4.69) is 21.2 Å². The van der Waals surface area contributed by atoms with Gasteiger partial charge in [-0.25, -0.2) is 4.79 Å². The van der Waals surface area contributed by atoms with E-state index in [0.29, 0.717) is 13.2 Å². The quantitative estimate of drug-likeness (QED) is 0.898. The van der Waals surface area contributed by atoms with Crippen LogP contribution in [0.5, 0.6) is 0 Å². The van der Waals surface area contributed by atoms with E-state index < -0.39 is 12.1 Å². The number of aliphatic carboxylic acids is 1. The van der Waals surface area contributed by atoms with E-state index in [9.17, 15) is 4.79 Å². The van der Waals surface area contributed by atoms with Crippen molar-refractivity contribution >= 4 is 17.3 Å². The maximum absolute atomic E-state index is 11.0. The lowest BCUT2D eigenvalue weighted by atomic mass is 10.1. The van der Waals surface area contributed by atoms with Crippen LogP contribution in [0, 0.1) is 0 Å². The predicted octanol–water partition coefficient (Wildman–Crippen LogP) is 2.02. The van der Waals surface area contributed by atoms with Crippen LogP contribution in [0.15, 0.2) is 11.4 Å². The van der Waals surface area contributed by atoms with Crippen molar-refractivity contribution in [1.29, 1.82) is 0 Å². The van der Waals surface area contributed by atoms with E-state index in [-0.39, 0.29) is 0 Å². The van der Waals surface area contributed by atoms with Gasteiger partial charge in [0.2, 0.25) is 0 Å². The topological polar surface area (TPSA) is 53.0 Å². The zero-order chi connectivity index (χ0) is 15.4. The van der Waals surface area contributed by atoms with Gasteiger partial charge in [0.25, 0.3) is 0 Å². The van der Waals surface area contributed by atoms with Gasteiger partial charge in [0.15, 0.2) is 6.10 Å². The second-order valence-corrected chi connectivity index (χ2v) is 7.19. The number of carboxylic acids is 1. The van der Waals surface area contributed by atoms with Crippen LogP contribution in [0.2, 0.25) is 0 Å². The van der Waals surface area contributed by atoms with Crippen LogP contribution >= 0.6 is 11.3 Å². The number of morpholine rings is 1. The monoisotopic (exact) mass is 324 g/mol. The molecule has 0 bridgehead atoms. The summed E-state index contributed by atoms with van der Waals surface area (Å²) in [7, 11) is 0. The summed E-state index contributed by atoms with van der Waals surface area (Å²) in [5.74, 6) is -0.860. The normalized spacial score (nSPS) is 24.5. The van der Waals surface area contributed by atoms with E-state index in [1.807, 2.05) is 0 Å². The summed E-state index contributed by atoms with van der Waals surface area (Å²) < 4.78 is 5.27. The molecule has 2 aliphatic heterocycles. The highest BCUT2D eigenvalue weighted by Gasteiger charge is 2.26. The SMILES string of the molecule is O=C(O)[C@@H]1CN(Cc2cc(CN3CCCCC3)cs2)CCO1. The number of hydrogen-bond donors (Lipinski definition) is 1. The van der Waals surface area contributed by atoms with Gasteiger partial charge in [0.05, 0.1) is 6.61 Å². The minimum absolute atomic E-state index is 0.481. The van der Waals surface area contributed by atoms with Crippen molar-refractivity contribution < 1.29 is 14.6 Å². The molecule has 0 unspecified atom stereocenters. The molecule has 2 saturated heterocycles. The molecule has 1 aromatic rings. The molecule has 6 heteroatoms. The van der Waals surface area contributed by atoms with Crippen molar-refractivity contribution in [2.24, 2.45) is 0 Å². The summed E-state index contributed by atoms with van der Waals surface area (Å²) >= 11 is 1.78. The highest BCUT2D eigenvalue weighted by molar-refractivity contribution is 7.10. The van der Waals surface area contributed by atoms with Crippen molar-refractivity contribution in [1.82, 2.24) is 9.80 Å². The average molecular weight is 324 g/mol. The molecule has 122 valence electrons. The zero-order valence-corrected chi connectivity index (χ0v) is 13.7. The molecule has 0 amide bonds. The first-order valence-electron chi connectivity index (χ1n) is 8.06. The maximum Gasteiger partial charge on any atom is 0.334 e. The summed E-state index contributed by atoms with van der Waals surface area (Å²) in [5.41, 5.74) is 1.39. The van der Waals surface area contributed by atoms with Gasteiger partial charge in [-0.1, -0.05) is 6.42 Å². The van der Waals surface area contributed by atoms with Crippen LogP contribution < -0.4 is 0 Å². The number of rotatable bonds is 5. The highest BCUT2D eigenvalue weighted by Crippen LogP contribution is 2.21. The largest absolute Gasteiger partial charge is 0.479 e. The summed E-state index contributed by atoms with van der Waals surface area (Å²) in [6, 6.07) is 2.28. The fourth-order valence-electron chi connectivity index (χ4n) is 3.18. The Kier molecular flexibility index (Phi) is 5.46. The van der Waals surface area contributed by atoms with Gasteiger partial charge in [-0.3, -0.25) is 9.80 Å². The first kappa shape index (κ1) is 15.9. The summed E-state index contributed by atoms with van der Waals surface area (Å²) in [6.45, 7) is 6.11. The molecule has 0 aromatic carbocycles. The standard InChI is InChI=1S/C16H24N2O3S/c19-16(20)15-11-18(6-7-21-15)10-14-8-13(12-22-14)9-17-4-2-1-3-5-17/h8,12,15H,1-7,9-11H2,(H,19,20)/t15-/m0/s1. The smallest absolute Gasteiger partial charge is 0.334 e. The lowest BCUT2D eigenvalue weighted by Crippen LogP contribution is -2.45. The number of ether oxygens (including phenoxy) is 1. The Labute approximate surface area is 135 Å². The Bertz CT molecular complexity index is 499. The molecular formula is C16H24N2O3S. The van der Waals surface area contributed by atoms with E-state index in [4.69, 9.17) is 9.84 Å². The molecular weight excluding hydrogens is 300 g/mol. The molecule has 0 radical (unpaired) electrons. The molecule has 22 heavy (non-hydrogen) atoms. The Morgan fingerprint density at radius 1 is 1.23 bits per heavy atom. The molecule has 3 heterocycles. The first-order valence-corrected chi connectivity index (χ1v) is 8.94. The summed E-state index contributed by atoms with van der Waals surface area (Å²) in [5, 5.41) is 11.3. The first-order chi connectivity index (χ1) is 10.7. The van der Waals surface area contributed by atoms with Crippen LogP contribution in [0.3, 0.4) is 0 Å². The molecule has 2 fully saturated rings. The molecule has 1 atom stereocenters.